The Balaban J connectivity index is 1.91. The maximum absolute atomic E-state index is 5.33. The van der Waals surface area contributed by atoms with Crippen molar-refractivity contribution in [2.75, 3.05) is 0 Å². The van der Waals surface area contributed by atoms with Crippen LogP contribution in [0.2, 0.25) is 0 Å². The van der Waals surface area contributed by atoms with Gasteiger partial charge in [-0.2, -0.15) is 4.98 Å². The first-order valence-electron chi connectivity index (χ1n) is 7.60. The first kappa shape index (κ1) is 15.7. The Kier molecular flexibility index (Phi) is 5.12. The molecule has 4 nitrogen and oxygen atoms in total. The number of nitrogens with zero attached hydrogens (tertiary/aromatic N) is 2. The van der Waals surface area contributed by atoms with Crippen molar-refractivity contribution < 1.29 is 4.52 Å². The molecule has 1 aromatic carbocycles. The summed E-state index contributed by atoms with van der Waals surface area (Å²) in [7, 11) is 0. The minimum absolute atomic E-state index is 0.0606. The van der Waals surface area contributed by atoms with Crippen molar-refractivity contribution in [1.29, 1.82) is 0 Å². The average Bonchev–Trinajstić information content (AvgIpc) is 2.91. The summed E-state index contributed by atoms with van der Waals surface area (Å²) in [5.74, 6) is 1.72. The predicted molar refractivity (Wildman–Crippen MR) is 84.3 cm³/mol. The zero-order valence-corrected chi connectivity index (χ0v) is 13.6. The Hall–Kier alpha value is -1.68. The Morgan fingerprint density at radius 3 is 2.33 bits per heavy atom. The molecule has 0 saturated heterocycles. The highest BCUT2D eigenvalue weighted by atomic mass is 16.5. The fourth-order valence-corrected chi connectivity index (χ4v) is 2.29. The highest BCUT2D eigenvalue weighted by molar-refractivity contribution is 5.22. The number of benzene rings is 1. The van der Waals surface area contributed by atoms with E-state index in [1.807, 2.05) is 0 Å². The summed E-state index contributed by atoms with van der Waals surface area (Å²) < 4.78 is 5.33. The van der Waals surface area contributed by atoms with E-state index < -0.39 is 0 Å². The van der Waals surface area contributed by atoms with E-state index in [0.29, 0.717) is 17.9 Å². The van der Waals surface area contributed by atoms with Crippen LogP contribution >= 0.6 is 0 Å². The quantitative estimate of drug-likeness (QED) is 0.878. The molecule has 4 heteroatoms. The van der Waals surface area contributed by atoms with E-state index in [0.717, 1.165) is 12.2 Å². The van der Waals surface area contributed by atoms with E-state index in [4.69, 9.17) is 4.52 Å². The van der Waals surface area contributed by atoms with Crippen molar-refractivity contribution in [3.8, 4) is 0 Å². The molecule has 0 aliphatic heterocycles. The molecule has 114 valence electrons. The number of hydrogen-bond acceptors (Lipinski definition) is 4. The standard InChI is InChI=1S/C17H25N3O/c1-11(2)16-19-17(21-20-16)14(5)18-13(4)10-15-8-6-12(3)7-9-15/h6-9,11,13-14,18H,10H2,1-5H3/t13-,14+/m1/s1. The van der Waals surface area contributed by atoms with E-state index in [1.165, 1.54) is 11.1 Å². The number of nitrogens with one attached hydrogen (secondary N) is 1. The van der Waals surface area contributed by atoms with Crippen molar-refractivity contribution in [3.05, 3.63) is 47.1 Å². The molecule has 1 N–H and O–H groups in total. The Morgan fingerprint density at radius 2 is 1.76 bits per heavy atom. The fourth-order valence-electron chi connectivity index (χ4n) is 2.29. The molecule has 0 spiro atoms. The van der Waals surface area contributed by atoms with Gasteiger partial charge in [0.1, 0.15) is 0 Å². The van der Waals surface area contributed by atoms with Crippen LogP contribution in [0.25, 0.3) is 0 Å². The highest BCUT2D eigenvalue weighted by Crippen LogP contribution is 2.16. The third-order valence-electron chi connectivity index (χ3n) is 3.54. The number of rotatable bonds is 6. The fraction of sp³-hybridized carbons (Fsp3) is 0.529. The van der Waals surface area contributed by atoms with E-state index in [2.05, 4.69) is 74.3 Å². The van der Waals surface area contributed by atoms with E-state index >= 15 is 0 Å². The zero-order valence-electron chi connectivity index (χ0n) is 13.6. The lowest BCUT2D eigenvalue weighted by atomic mass is 10.0. The van der Waals surface area contributed by atoms with Crippen LogP contribution in [0.3, 0.4) is 0 Å². The zero-order chi connectivity index (χ0) is 15.4. The molecule has 0 bridgehead atoms. The third-order valence-corrected chi connectivity index (χ3v) is 3.54. The Labute approximate surface area is 127 Å². The number of aryl methyl sites for hydroxylation is 1. The summed E-state index contributed by atoms with van der Waals surface area (Å²) >= 11 is 0. The smallest absolute Gasteiger partial charge is 0.243 e. The highest BCUT2D eigenvalue weighted by Gasteiger charge is 2.17. The van der Waals surface area contributed by atoms with Gasteiger partial charge in [-0.1, -0.05) is 48.8 Å². The molecule has 0 aliphatic carbocycles. The lowest BCUT2D eigenvalue weighted by Crippen LogP contribution is -2.30. The minimum Gasteiger partial charge on any atom is -0.338 e. The molecule has 21 heavy (non-hydrogen) atoms. The number of hydrogen-bond donors (Lipinski definition) is 1. The molecule has 2 atom stereocenters. The van der Waals surface area contributed by atoms with Gasteiger partial charge in [0.2, 0.25) is 5.89 Å². The average molecular weight is 287 g/mol. The molecule has 1 heterocycles. The van der Waals surface area contributed by atoms with Crippen LogP contribution < -0.4 is 5.32 Å². The Morgan fingerprint density at radius 1 is 1.10 bits per heavy atom. The van der Waals surface area contributed by atoms with Gasteiger partial charge < -0.3 is 9.84 Å². The van der Waals surface area contributed by atoms with Crippen LogP contribution in [0.4, 0.5) is 0 Å². The van der Waals surface area contributed by atoms with Gasteiger partial charge in [0.15, 0.2) is 5.82 Å². The van der Waals surface area contributed by atoms with Crippen molar-refractivity contribution in [2.45, 2.75) is 59.0 Å². The first-order valence-corrected chi connectivity index (χ1v) is 7.60. The molecule has 1 aromatic heterocycles. The van der Waals surface area contributed by atoms with Gasteiger partial charge in [-0.05, 0) is 32.8 Å². The lowest BCUT2D eigenvalue weighted by Gasteiger charge is -2.17. The van der Waals surface area contributed by atoms with Crippen molar-refractivity contribution in [2.24, 2.45) is 0 Å². The van der Waals surface area contributed by atoms with Gasteiger partial charge in [0, 0.05) is 12.0 Å². The maximum Gasteiger partial charge on any atom is 0.243 e. The second-order valence-electron chi connectivity index (χ2n) is 6.12. The summed E-state index contributed by atoms with van der Waals surface area (Å²) in [5.41, 5.74) is 2.63. The molecular formula is C17H25N3O. The molecule has 0 aliphatic rings. The first-order chi connectivity index (χ1) is 9.95. The molecule has 0 saturated carbocycles. The van der Waals surface area contributed by atoms with Crippen molar-refractivity contribution in [1.82, 2.24) is 15.5 Å². The summed E-state index contributed by atoms with van der Waals surface area (Å²) in [6.45, 7) is 10.5. The predicted octanol–water partition coefficient (Wildman–Crippen LogP) is 3.78. The third kappa shape index (κ3) is 4.39. The van der Waals surface area contributed by atoms with Gasteiger partial charge in [-0.15, -0.1) is 0 Å². The normalized spacial score (nSPS) is 14.4. The molecule has 2 rings (SSSR count). The second kappa shape index (κ2) is 6.85. The molecule has 0 radical (unpaired) electrons. The molecule has 0 fully saturated rings. The Bertz CT molecular complexity index is 560. The van der Waals surface area contributed by atoms with Crippen LogP contribution in [0.5, 0.6) is 0 Å². The van der Waals surface area contributed by atoms with E-state index in [-0.39, 0.29) is 6.04 Å². The molecular weight excluding hydrogens is 262 g/mol. The monoisotopic (exact) mass is 287 g/mol. The largest absolute Gasteiger partial charge is 0.338 e. The number of aromatic nitrogens is 2. The molecule has 0 unspecified atom stereocenters. The van der Waals surface area contributed by atoms with Crippen LogP contribution in [0.15, 0.2) is 28.8 Å². The van der Waals surface area contributed by atoms with Crippen LogP contribution in [0.1, 0.15) is 62.5 Å². The van der Waals surface area contributed by atoms with Gasteiger partial charge in [0.05, 0.1) is 6.04 Å². The topological polar surface area (TPSA) is 51.0 Å². The van der Waals surface area contributed by atoms with Crippen LogP contribution in [0, 0.1) is 6.92 Å². The van der Waals surface area contributed by atoms with Crippen molar-refractivity contribution >= 4 is 0 Å². The molecule has 0 amide bonds. The summed E-state index contributed by atoms with van der Waals surface area (Å²) in [4.78, 5) is 4.44. The molecule has 2 aromatic rings. The minimum atomic E-state index is 0.0606. The maximum atomic E-state index is 5.33. The second-order valence-corrected chi connectivity index (χ2v) is 6.12. The van der Waals surface area contributed by atoms with Gasteiger partial charge in [0.25, 0.3) is 0 Å². The SMILES string of the molecule is Cc1ccc(C[C@@H](C)N[C@@H](C)c2nc(C(C)C)no2)cc1. The summed E-state index contributed by atoms with van der Waals surface area (Å²) in [5, 5.41) is 7.53. The van der Waals surface area contributed by atoms with Crippen molar-refractivity contribution in [3.63, 3.8) is 0 Å². The van der Waals surface area contributed by atoms with E-state index in [9.17, 15) is 0 Å². The summed E-state index contributed by atoms with van der Waals surface area (Å²) in [6.07, 6.45) is 0.982. The van der Waals surface area contributed by atoms with Crippen LogP contribution in [-0.2, 0) is 6.42 Å². The van der Waals surface area contributed by atoms with E-state index in [1.54, 1.807) is 0 Å². The lowest BCUT2D eigenvalue weighted by molar-refractivity contribution is 0.323. The van der Waals surface area contributed by atoms with Gasteiger partial charge >= 0.3 is 0 Å². The van der Waals surface area contributed by atoms with Gasteiger partial charge in [-0.3, -0.25) is 0 Å². The summed E-state index contributed by atoms with van der Waals surface area (Å²) in [6, 6.07) is 9.07. The van der Waals surface area contributed by atoms with Gasteiger partial charge in [-0.25, -0.2) is 0 Å². The van der Waals surface area contributed by atoms with Crippen LogP contribution in [-0.4, -0.2) is 16.2 Å².